The van der Waals surface area contributed by atoms with Gasteiger partial charge in [-0.3, -0.25) is 9.59 Å². The largest absolute Gasteiger partial charge is 0.471 e. The summed E-state index contributed by atoms with van der Waals surface area (Å²) in [6.45, 7) is 5.56. The Balaban J connectivity index is 1.90. The molecule has 0 radical (unpaired) electrons. The zero-order valence-electron chi connectivity index (χ0n) is 17.7. The first-order valence-corrected chi connectivity index (χ1v) is 10.5. The van der Waals surface area contributed by atoms with Crippen molar-refractivity contribution < 1.29 is 27.5 Å². The van der Waals surface area contributed by atoms with E-state index in [1.165, 1.54) is 5.56 Å². The SMILES string of the molecule is CC(C)OCCCN(CCCC(=O)c1ccc2c(c1)CCNCC2)C(=O)C(F)(F)F. The highest BCUT2D eigenvalue weighted by atomic mass is 19.4. The molecule has 0 fully saturated rings. The molecule has 8 heteroatoms. The van der Waals surface area contributed by atoms with Crippen molar-refractivity contribution >= 4 is 11.7 Å². The van der Waals surface area contributed by atoms with Gasteiger partial charge in [0.05, 0.1) is 6.10 Å². The number of benzene rings is 1. The first kappa shape index (κ1) is 24.3. The van der Waals surface area contributed by atoms with Gasteiger partial charge in [-0.05, 0) is 69.8 Å². The lowest BCUT2D eigenvalue weighted by molar-refractivity contribution is -0.185. The highest BCUT2D eigenvalue weighted by Gasteiger charge is 2.42. The van der Waals surface area contributed by atoms with Gasteiger partial charge in [0.15, 0.2) is 5.78 Å². The molecular weight excluding hydrogens is 397 g/mol. The number of nitrogens with zero attached hydrogens (tertiary/aromatic N) is 1. The highest BCUT2D eigenvalue weighted by Crippen LogP contribution is 2.20. The Kier molecular flexibility index (Phi) is 9.30. The van der Waals surface area contributed by atoms with Gasteiger partial charge in [0.2, 0.25) is 0 Å². The molecule has 168 valence electrons. The summed E-state index contributed by atoms with van der Waals surface area (Å²) in [4.78, 5) is 25.0. The van der Waals surface area contributed by atoms with E-state index in [1.807, 2.05) is 26.0 Å². The molecule has 1 N–H and O–H groups in total. The van der Waals surface area contributed by atoms with E-state index in [9.17, 15) is 22.8 Å². The summed E-state index contributed by atoms with van der Waals surface area (Å²) >= 11 is 0. The van der Waals surface area contributed by atoms with Gasteiger partial charge in [0, 0.05) is 31.7 Å². The predicted molar refractivity (Wildman–Crippen MR) is 109 cm³/mol. The van der Waals surface area contributed by atoms with Crippen molar-refractivity contribution in [2.75, 3.05) is 32.8 Å². The second-order valence-corrected chi connectivity index (χ2v) is 7.82. The molecule has 0 aromatic heterocycles. The highest BCUT2D eigenvalue weighted by molar-refractivity contribution is 5.96. The fraction of sp³-hybridized carbons (Fsp3) is 0.636. The van der Waals surface area contributed by atoms with Crippen LogP contribution in [-0.2, 0) is 22.4 Å². The summed E-state index contributed by atoms with van der Waals surface area (Å²) in [5, 5.41) is 3.32. The third kappa shape index (κ3) is 7.72. The number of ether oxygens (including phenoxy) is 1. The summed E-state index contributed by atoms with van der Waals surface area (Å²) in [5.41, 5.74) is 2.95. The van der Waals surface area contributed by atoms with Crippen molar-refractivity contribution in [3.8, 4) is 0 Å². The normalized spacial score (nSPS) is 14.3. The molecule has 1 aliphatic heterocycles. The van der Waals surface area contributed by atoms with Crippen LogP contribution in [0.4, 0.5) is 13.2 Å². The standard InChI is InChI=1S/C22H31F3N2O3/c1-16(2)30-14-4-13-27(21(29)22(23,24)25)12-3-5-20(28)19-7-6-17-8-10-26-11-9-18(17)15-19/h6-7,15-16,26H,3-5,8-14H2,1-2H3. The zero-order valence-corrected chi connectivity index (χ0v) is 17.7. The Morgan fingerprint density at radius 3 is 2.43 bits per heavy atom. The fourth-order valence-corrected chi connectivity index (χ4v) is 3.49. The maximum atomic E-state index is 12.9. The summed E-state index contributed by atoms with van der Waals surface area (Å²) in [6, 6.07) is 5.64. The van der Waals surface area contributed by atoms with Crippen molar-refractivity contribution in [2.24, 2.45) is 0 Å². The van der Waals surface area contributed by atoms with Gasteiger partial charge >= 0.3 is 12.1 Å². The predicted octanol–water partition coefficient (Wildman–Crippen LogP) is 3.54. The Morgan fingerprint density at radius 1 is 1.10 bits per heavy atom. The number of carbonyl (C=O) groups is 2. The number of hydrogen-bond donors (Lipinski definition) is 1. The van der Waals surface area contributed by atoms with Crippen molar-refractivity contribution in [1.29, 1.82) is 0 Å². The van der Waals surface area contributed by atoms with Crippen molar-refractivity contribution in [3.05, 3.63) is 34.9 Å². The smallest absolute Gasteiger partial charge is 0.379 e. The molecule has 0 atom stereocenters. The van der Waals surface area contributed by atoms with Crippen LogP contribution in [0.2, 0.25) is 0 Å². The number of alkyl halides is 3. The van der Waals surface area contributed by atoms with Crippen LogP contribution in [0.3, 0.4) is 0 Å². The van der Waals surface area contributed by atoms with Crippen LogP contribution in [0.5, 0.6) is 0 Å². The van der Waals surface area contributed by atoms with Gasteiger partial charge in [-0.2, -0.15) is 13.2 Å². The van der Waals surface area contributed by atoms with E-state index in [1.54, 1.807) is 6.07 Å². The molecule has 0 saturated heterocycles. The van der Waals surface area contributed by atoms with Gasteiger partial charge < -0.3 is 15.0 Å². The van der Waals surface area contributed by atoms with Gasteiger partial charge in [-0.25, -0.2) is 0 Å². The summed E-state index contributed by atoms with van der Waals surface area (Å²) in [6.07, 6.45) is -2.58. The van der Waals surface area contributed by atoms with Gasteiger partial charge in [0.25, 0.3) is 0 Å². The number of nitrogens with one attached hydrogen (secondary N) is 1. The van der Waals surface area contributed by atoms with Crippen molar-refractivity contribution in [3.63, 3.8) is 0 Å². The van der Waals surface area contributed by atoms with E-state index in [4.69, 9.17) is 4.74 Å². The Hall–Kier alpha value is -1.93. The molecule has 1 aromatic carbocycles. The third-order valence-electron chi connectivity index (χ3n) is 5.06. The van der Waals surface area contributed by atoms with E-state index >= 15 is 0 Å². The third-order valence-corrected chi connectivity index (χ3v) is 5.06. The molecule has 0 bridgehead atoms. The monoisotopic (exact) mass is 428 g/mol. The zero-order chi connectivity index (χ0) is 22.1. The van der Waals surface area contributed by atoms with Crippen LogP contribution in [0.1, 0.15) is 54.6 Å². The summed E-state index contributed by atoms with van der Waals surface area (Å²) in [7, 11) is 0. The van der Waals surface area contributed by atoms with Crippen LogP contribution in [0, 0.1) is 0 Å². The molecule has 1 aromatic rings. The van der Waals surface area contributed by atoms with E-state index in [0.29, 0.717) is 12.0 Å². The first-order valence-electron chi connectivity index (χ1n) is 10.5. The molecule has 1 amide bonds. The molecule has 1 heterocycles. The maximum absolute atomic E-state index is 12.9. The number of rotatable bonds is 10. The van der Waals surface area contributed by atoms with Gasteiger partial charge in [0.1, 0.15) is 0 Å². The first-order chi connectivity index (χ1) is 14.2. The molecule has 1 aliphatic rings. The number of carbonyl (C=O) groups excluding carboxylic acids is 2. The van der Waals surface area contributed by atoms with Crippen LogP contribution in [0.15, 0.2) is 18.2 Å². The molecule has 0 aliphatic carbocycles. The molecule has 0 unspecified atom stereocenters. The lowest BCUT2D eigenvalue weighted by atomic mass is 9.97. The Morgan fingerprint density at radius 2 is 1.77 bits per heavy atom. The van der Waals surface area contributed by atoms with E-state index < -0.39 is 12.1 Å². The van der Waals surface area contributed by atoms with E-state index in [-0.39, 0.29) is 44.4 Å². The van der Waals surface area contributed by atoms with Crippen LogP contribution in [-0.4, -0.2) is 61.7 Å². The fourth-order valence-electron chi connectivity index (χ4n) is 3.49. The minimum absolute atomic E-state index is 0.0221. The lowest BCUT2D eigenvalue weighted by Gasteiger charge is -2.24. The van der Waals surface area contributed by atoms with Gasteiger partial charge in [-0.15, -0.1) is 0 Å². The molecule has 5 nitrogen and oxygen atoms in total. The molecular formula is C22H31F3N2O3. The quantitative estimate of drug-likeness (QED) is 0.458. The second kappa shape index (κ2) is 11.5. The number of fused-ring (bicyclic) bond motifs is 1. The number of hydrogen-bond acceptors (Lipinski definition) is 4. The number of ketones is 1. The second-order valence-electron chi connectivity index (χ2n) is 7.82. The molecule has 30 heavy (non-hydrogen) atoms. The van der Waals surface area contributed by atoms with Crippen LogP contribution in [0.25, 0.3) is 0 Å². The topological polar surface area (TPSA) is 58.6 Å². The van der Waals surface area contributed by atoms with Crippen molar-refractivity contribution in [1.82, 2.24) is 10.2 Å². The average Bonchev–Trinajstić information content (AvgIpc) is 2.93. The summed E-state index contributed by atoms with van der Waals surface area (Å²) in [5.74, 6) is -1.98. The number of amides is 1. The van der Waals surface area contributed by atoms with E-state index in [2.05, 4.69) is 5.32 Å². The minimum atomic E-state index is -4.92. The molecule has 2 rings (SSSR count). The maximum Gasteiger partial charge on any atom is 0.471 e. The van der Waals surface area contributed by atoms with Crippen LogP contribution >= 0.6 is 0 Å². The Bertz CT molecular complexity index is 720. The number of halogens is 3. The molecule has 0 saturated carbocycles. The van der Waals surface area contributed by atoms with Gasteiger partial charge in [-0.1, -0.05) is 12.1 Å². The number of Topliss-reactive ketones (excluding diaryl/α,β-unsaturated/α-hetero) is 1. The minimum Gasteiger partial charge on any atom is -0.379 e. The van der Waals surface area contributed by atoms with Crippen molar-refractivity contribution in [2.45, 2.75) is 58.2 Å². The summed E-state index contributed by atoms with van der Waals surface area (Å²) < 4.78 is 44.0. The average molecular weight is 428 g/mol. The lowest BCUT2D eigenvalue weighted by Crippen LogP contribution is -2.42. The Labute approximate surface area is 176 Å². The van der Waals surface area contributed by atoms with Crippen LogP contribution < -0.4 is 5.32 Å². The van der Waals surface area contributed by atoms with E-state index in [0.717, 1.165) is 36.4 Å². The molecule has 0 spiro atoms.